The van der Waals surface area contributed by atoms with Crippen molar-refractivity contribution in [2.45, 2.75) is 43.9 Å². The summed E-state index contributed by atoms with van der Waals surface area (Å²) >= 11 is 0. The lowest BCUT2D eigenvalue weighted by molar-refractivity contribution is -0.00623. The number of rotatable bonds is 3. The van der Waals surface area contributed by atoms with E-state index in [0.717, 1.165) is 42.6 Å². The molecule has 0 unspecified atom stereocenters. The zero-order chi connectivity index (χ0) is 16.2. The third-order valence-electron chi connectivity index (χ3n) is 6.30. The minimum Gasteiger partial charge on any atom is -0.496 e. The zero-order valence-electron chi connectivity index (χ0n) is 13.7. The van der Waals surface area contributed by atoms with E-state index in [9.17, 15) is 9.18 Å². The molecule has 0 radical (unpaired) electrons. The number of carbonyl (C=O) groups excluding carboxylic acids is 1. The van der Waals surface area contributed by atoms with Crippen LogP contribution in [0.25, 0.3) is 0 Å². The maximum atomic E-state index is 14.2. The molecule has 1 aromatic carbocycles. The van der Waals surface area contributed by atoms with E-state index in [2.05, 4.69) is 0 Å². The number of ether oxygens (including phenoxy) is 2. The number of esters is 1. The number of hydrogen-bond acceptors (Lipinski definition) is 3. The molecule has 0 aromatic heterocycles. The van der Waals surface area contributed by atoms with Crippen molar-refractivity contribution >= 4 is 5.97 Å². The molecule has 0 saturated heterocycles. The van der Waals surface area contributed by atoms with Crippen molar-refractivity contribution in [1.82, 2.24) is 0 Å². The molecule has 1 aromatic rings. The molecule has 0 heterocycles. The predicted molar refractivity (Wildman–Crippen MR) is 84.1 cm³/mol. The Labute approximate surface area is 136 Å². The third kappa shape index (κ3) is 2.26. The summed E-state index contributed by atoms with van der Waals surface area (Å²) in [5, 5.41) is 0. The Kier molecular flexibility index (Phi) is 3.40. The summed E-state index contributed by atoms with van der Waals surface area (Å²) in [6.45, 7) is 0. The number of benzene rings is 1. The lowest BCUT2D eigenvalue weighted by Crippen LogP contribution is -2.48. The van der Waals surface area contributed by atoms with Crippen LogP contribution in [0.5, 0.6) is 5.75 Å². The number of methoxy groups -OCH3 is 2. The Balaban J connectivity index is 1.82. The van der Waals surface area contributed by atoms with Crippen molar-refractivity contribution < 1.29 is 18.7 Å². The van der Waals surface area contributed by atoms with Crippen LogP contribution in [0.2, 0.25) is 0 Å². The topological polar surface area (TPSA) is 35.5 Å². The van der Waals surface area contributed by atoms with Gasteiger partial charge in [0.15, 0.2) is 0 Å². The number of halogens is 1. The summed E-state index contributed by atoms with van der Waals surface area (Å²) in [7, 11) is 2.87. The smallest absolute Gasteiger partial charge is 0.340 e. The van der Waals surface area contributed by atoms with E-state index in [1.807, 2.05) is 0 Å². The summed E-state index contributed by atoms with van der Waals surface area (Å²) in [6.07, 6.45) is 7.44. The Bertz CT molecular complexity index is 617. The Morgan fingerprint density at radius 2 is 1.65 bits per heavy atom. The van der Waals surface area contributed by atoms with Gasteiger partial charge in [-0.05, 0) is 67.8 Å². The summed E-state index contributed by atoms with van der Waals surface area (Å²) in [6, 6.07) is 3.06. The van der Waals surface area contributed by atoms with Crippen LogP contribution in [0.15, 0.2) is 12.1 Å². The van der Waals surface area contributed by atoms with Crippen LogP contribution in [-0.2, 0) is 10.2 Å². The number of hydrogen-bond donors (Lipinski definition) is 0. The molecule has 4 bridgehead atoms. The normalized spacial score (nSPS) is 34.5. The van der Waals surface area contributed by atoms with E-state index in [-0.39, 0.29) is 11.0 Å². The van der Waals surface area contributed by atoms with Gasteiger partial charge in [-0.2, -0.15) is 0 Å². The highest BCUT2D eigenvalue weighted by Crippen LogP contribution is 2.62. The van der Waals surface area contributed by atoms with E-state index < -0.39 is 11.8 Å². The Hall–Kier alpha value is -1.58. The van der Waals surface area contributed by atoms with Gasteiger partial charge in [-0.1, -0.05) is 0 Å². The van der Waals surface area contributed by atoms with Crippen LogP contribution in [0.3, 0.4) is 0 Å². The molecule has 4 heteroatoms. The summed E-state index contributed by atoms with van der Waals surface area (Å²) in [5.41, 5.74) is 1.09. The number of carbonyl (C=O) groups is 1. The second-order valence-electron chi connectivity index (χ2n) is 7.72. The highest BCUT2D eigenvalue weighted by molar-refractivity contribution is 5.90. The Morgan fingerprint density at radius 3 is 2.13 bits per heavy atom. The van der Waals surface area contributed by atoms with Crippen molar-refractivity contribution in [3.63, 3.8) is 0 Å². The van der Waals surface area contributed by atoms with Crippen LogP contribution in [0.1, 0.15) is 54.4 Å². The average molecular weight is 318 g/mol. The molecular formula is C19H23FO3. The van der Waals surface area contributed by atoms with E-state index in [1.165, 1.54) is 32.4 Å². The Morgan fingerprint density at radius 1 is 1.09 bits per heavy atom. The minimum absolute atomic E-state index is 0.0269. The molecule has 0 atom stereocenters. The fourth-order valence-corrected chi connectivity index (χ4v) is 5.85. The van der Waals surface area contributed by atoms with Crippen LogP contribution >= 0.6 is 0 Å². The molecule has 23 heavy (non-hydrogen) atoms. The molecule has 0 N–H and O–H groups in total. The molecule has 0 spiro atoms. The van der Waals surface area contributed by atoms with Gasteiger partial charge in [0.05, 0.1) is 19.8 Å². The summed E-state index contributed by atoms with van der Waals surface area (Å²) in [4.78, 5) is 11.9. The SMILES string of the molecule is COC(=O)c1cc(C23CC4CC(CC(C4)C2)C3)c(OC)cc1F. The third-order valence-corrected chi connectivity index (χ3v) is 6.30. The molecule has 4 aliphatic carbocycles. The minimum atomic E-state index is -0.615. The van der Waals surface area contributed by atoms with Crippen LogP contribution < -0.4 is 4.74 Å². The van der Waals surface area contributed by atoms with Gasteiger partial charge in [-0.25, -0.2) is 9.18 Å². The van der Waals surface area contributed by atoms with Crippen LogP contribution in [0, 0.1) is 23.6 Å². The van der Waals surface area contributed by atoms with E-state index in [0.29, 0.717) is 5.75 Å². The molecule has 5 rings (SSSR count). The molecule has 0 aliphatic heterocycles. The van der Waals surface area contributed by atoms with Gasteiger partial charge >= 0.3 is 5.97 Å². The van der Waals surface area contributed by atoms with Gasteiger partial charge in [-0.3, -0.25) is 0 Å². The maximum Gasteiger partial charge on any atom is 0.340 e. The molecule has 4 fully saturated rings. The first kappa shape index (κ1) is 15.0. The van der Waals surface area contributed by atoms with Crippen molar-refractivity contribution in [2.24, 2.45) is 17.8 Å². The summed E-state index contributed by atoms with van der Waals surface area (Å²) in [5.74, 6) is 1.73. The van der Waals surface area contributed by atoms with Crippen molar-refractivity contribution in [1.29, 1.82) is 0 Å². The van der Waals surface area contributed by atoms with Gasteiger partial charge in [-0.15, -0.1) is 0 Å². The fraction of sp³-hybridized carbons (Fsp3) is 0.632. The first-order valence-corrected chi connectivity index (χ1v) is 8.51. The monoisotopic (exact) mass is 318 g/mol. The van der Waals surface area contributed by atoms with E-state index in [1.54, 1.807) is 13.2 Å². The van der Waals surface area contributed by atoms with Gasteiger partial charge < -0.3 is 9.47 Å². The predicted octanol–water partition coefficient (Wildman–Crippen LogP) is 4.09. The van der Waals surface area contributed by atoms with Gasteiger partial charge in [0.25, 0.3) is 0 Å². The quantitative estimate of drug-likeness (QED) is 0.788. The first-order valence-electron chi connectivity index (χ1n) is 8.51. The van der Waals surface area contributed by atoms with Crippen molar-refractivity contribution in [2.75, 3.05) is 14.2 Å². The second kappa shape index (κ2) is 5.22. The van der Waals surface area contributed by atoms with E-state index in [4.69, 9.17) is 9.47 Å². The highest BCUT2D eigenvalue weighted by atomic mass is 19.1. The molecule has 3 nitrogen and oxygen atoms in total. The first-order chi connectivity index (χ1) is 11.0. The molecule has 124 valence electrons. The molecular weight excluding hydrogens is 295 g/mol. The molecule has 4 aliphatic rings. The van der Waals surface area contributed by atoms with Gasteiger partial charge in [0.2, 0.25) is 0 Å². The maximum absolute atomic E-state index is 14.2. The lowest BCUT2D eigenvalue weighted by atomic mass is 9.48. The van der Waals surface area contributed by atoms with Gasteiger partial charge in [0.1, 0.15) is 11.6 Å². The zero-order valence-corrected chi connectivity index (χ0v) is 13.7. The van der Waals surface area contributed by atoms with Crippen molar-refractivity contribution in [3.8, 4) is 5.75 Å². The summed E-state index contributed by atoms with van der Waals surface area (Å²) < 4.78 is 24.5. The second-order valence-corrected chi connectivity index (χ2v) is 7.72. The van der Waals surface area contributed by atoms with Crippen LogP contribution in [0.4, 0.5) is 4.39 Å². The fourth-order valence-electron chi connectivity index (χ4n) is 5.85. The largest absolute Gasteiger partial charge is 0.496 e. The molecule has 4 saturated carbocycles. The lowest BCUT2D eigenvalue weighted by Gasteiger charge is -2.57. The van der Waals surface area contributed by atoms with Crippen molar-refractivity contribution in [3.05, 3.63) is 29.1 Å². The average Bonchev–Trinajstić information content (AvgIpc) is 2.52. The van der Waals surface area contributed by atoms with Crippen LogP contribution in [-0.4, -0.2) is 20.2 Å². The standard InChI is InChI=1S/C19H23FO3/c1-22-17-7-16(20)14(18(21)23-2)6-15(17)19-8-11-3-12(9-19)5-13(4-11)10-19/h6-7,11-13H,3-5,8-10H2,1-2H3. The molecule has 0 amide bonds. The van der Waals surface area contributed by atoms with E-state index >= 15 is 0 Å². The highest BCUT2D eigenvalue weighted by Gasteiger charge is 2.52. The van der Waals surface area contributed by atoms with Gasteiger partial charge in [0, 0.05) is 11.6 Å².